The summed E-state index contributed by atoms with van der Waals surface area (Å²) in [5.41, 5.74) is 6.11. The third-order valence-electron chi connectivity index (χ3n) is 10.5. The Morgan fingerprint density at radius 2 is 1.11 bits per heavy atom. The van der Waals surface area contributed by atoms with Gasteiger partial charge in [0.1, 0.15) is 11.2 Å². The molecule has 0 bridgehead atoms. The average Bonchev–Trinajstić information content (AvgIpc) is 3.60. The van der Waals surface area contributed by atoms with E-state index in [2.05, 4.69) is 90.4 Å². The van der Waals surface area contributed by atoms with Crippen LogP contribution in [0.25, 0.3) is 65.4 Å². The van der Waals surface area contributed by atoms with Crippen LogP contribution in [0.5, 0.6) is 0 Å². The second-order valence-corrected chi connectivity index (χ2v) is 13.4. The fourth-order valence-corrected chi connectivity index (χ4v) is 7.64. The van der Waals surface area contributed by atoms with Crippen molar-refractivity contribution < 1.29 is 8.83 Å². The monoisotopic (exact) mass is 577 g/mol. The van der Waals surface area contributed by atoms with Crippen molar-refractivity contribution >= 4 is 76.8 Å². The van der Waals surface area contributed by atoms with Gasteiger partial charge in [-0.15, -0.1) is 0 Å². The van der Waals surface area contributed by atoms with E-state index in [-0.39, 0.29) is 0 Å². The highest BCUT2D eigenvalue weighted by atomic mass is 16.4. The Bertz CT molecular complexity index is 2300. The molecule has 5 heteroatoms. The van der Waals surface area contributed by atoms with Gasteiger partial charge < -0.3 is 18.6 Å². The summed E-state index contributed by atoms with van der Waals surface area (Å²) in [5.74, 6) is 1.60. The number of hydrogen-bond acceptors (Lipinski definition) is 5. The van der Waals surface area contributed by atoms with Crippen LogP contribution in [-0.2, 0) is 0 Å². The SMILES string of the molecule is CC1CCN(c2ccc3cc4c(cc3c2)oc2c4cc(C#N)c3c4cc5ccc(N6CCC(C)CC6)cc5cc4oc23)CC1. The second kappa shape index (κ2) is 9.66. The Morgan fingerprint density at radius 1 is 0.591 bits per heavy atom. The van der Waals surface area contributed by atoms with Gasteiger partial charge in [0.05, 0.1) is 11.6 Å². The predicted molar refractivity (Wildman–Crippen MR) is 182 cm³/mol. The van der Waals surface area contributed by atoms with Gasteiger partial charge >= 0.3 is 0 Å². The van der Waals surface area contributed by atoms with Crippen molar-refractivity contribution in [2.24, 2.45) is 11.8 Å². The van der Waals surface area contributed by atoms with Crippen molar-refractivity contribution in [1.29, 1.82) is 5.26 Å². The van der Waals surface area contributed by atoms with Crippen molar-refractivity contribution in [1.82, 2.24) is 0 Å². The van der Waals surface area contributed by atoms with Gasteiger partial charge in [-0.1, -0.05) is 26.0 Å². The van der Waals surface area contributed by atoms with E-state index < -0.39 is 0 Å². The van der Waals surface area contributed by atoms with E-state index in [0.29, 0.717) is 16.7 Å². The standard InChI is InChI=1S/C39H35N3O2/c1-23-7-11-41(12-8-23)30-5-3-25-17-32-33-19-29(22-40)37-34-18-26-4-6-31(42-13-9-24(2)10-14-42)16-28(26)21-36(34)44-39(37)38(33)43-35(32)20-27(25)15-30/h3-6,15-21,23-24H,7-14H2,1-2H3. The van der Waals surface area contributed by atoms with Gasteiger partial charge in [-0.3, -0.25) is 0 Å². The molecule has 9 rings (SSSR count). The molecule has 5 aromatic carbocycles. The van der Waals surface area contributed by atoms with E-state index >= 15 is 0 Å². The molecule has 0 atom stereocenters. The molecule has 4 heterocycles. The quantitative estimate of drug-likeness (QED) is 0.205. The van der Waals surface area contributed by atoms with Crippen molar-refractivity contribution in [3.05, 3.63) is 72.3 Å². The maximum Gasteiger partial charge on any atom is 0.179 e. The summed E-state index contributed by atoms with van der Waals surface area (Å²) < 4.78 is 13.2. The largest absolute Gasteiger partial charge is 0.452 e. The fraction of sp³-hybridized carbons (Fsp3) is 0.308. The van der Waals surface area contributed by atoms with Crippen molar-refractivity contribution in [3.63, 3.8) is 0 Å². The number of nitrogens with zero attached hydrogens (tertiary/aromatic N) is 3. The molecule has 0 N–H and O–H groups in total. The number of anilines is 2. The van der Waals surface area contributed by atoms with E-state index in [4.69, 9.17) is 8.83 Å². The summed E-state index contributed by atoms with van der Waals surface area (Å²) in [7, 11) is 0. The fourth-order valence-electron chi connectivity index (χ4n) is 7.64. The first-order valence-electron chi connectivity index (χ1n) is 16.2. The van der Waals surface area contributed by atoms with Gasteiger partial charge in [0.15, 0.2) is 11.2 Å². The lowest BCUT2D eigenvalue weighted by molar-refractivity contribution is 0.438. The van der Waals surface area contributed by atoms with Crippen LogP contribution >= 0.6 is 0 Å². The molecule has 0 radical (unpaired) electrons. The van der Waals surface area contributed by atoms with E-state index in [1.54, 1.807) is 0 Å². The molecule has 0 unspecified atom stereocenters. The van der Waals surface area contributed by atoms with Gasteiger partial charge in [0.2, 0.25) is 0 Å². The first-order chi connectivity index (χ1) is 21.5. The van der Waals surface area contributed by atoms with Crippen molar-refractivity contribution in [2.45, 2.75) is 39.5 Å². The molecule has 0 spiro atoms. The van der Waals surface area contributed by atoms with Crippen LogP contribution in [0.3, 0.4) is 0 Å². The molecule has 7 aromatic rings. The summed E-state index contributed by atoms with van der Waals surface area (Å²) in [6, 6.07) is 26.6. The van der Waals surface area contributed by atoms with Crippen LogP contribution in [0.15, 0.2) is 75.6 Å². The molecule has 0 aliphatic carbocycles. The normalized spacial score (nSPS) is 17.2. The lowest BCUT2D eigenvalue weighted by Gasteiger charge is -2.32. The number of fused-ring (bicyclic) bond motifs is 9. The Balaban J connectivity index is 1.20. The first-order valence-corrected chi connectivity index (χ1v) is 16.2. The topological polar surface area (TPSA) is 56.6 Å². The molecule has 2 aromatic heterocycles. The van der Waals surface area contributed by atoms with E-state index in [1.807, 2.05) is 6.07 Å². The molecule has 218 valence electrons. The molecule has 2 aliphatic rings. The lowest BCUT2D eigenvalue weighted by atomic mass is 9.97. The van der Waals surface area contributed by atoms with E-state index in [0.717, 1.165) is 81.5 Å². The summed E-state index contributed by atoms with van der Waals surface area (Å²) in [6.45, 7) is 9.11. The van der Waals surface area contributed by atoms with Crippen LogP contribution in [-0.4, -0.2) is 26.2 Å². The van der Waals surface area contributed by atoms with Gasteiger partial charge in [-0.2, -0.15) is 5.26 Å². The molecule has 2 fully saturated rings. The predicted octanol–water partition coefficient (Wildman–Crippen LogP) is 10.1. The molecular weight excluding hydrogens is 542 g/mol. The maximum atomic E-state index is 10.3. The van der Waals surface area contributed by atoms with Gasteiger partial charge in [-0.05, 0) is 114 Å². The van der Waals surface area contributed by atoms with Crippen LogP contribution in [0.2, 0.25) is 0 Å². The minimum absolute atomic E-state index is 0.613. The lowest BCUT2D eigenvalue weighted by Crippen LogP contribution is -2.32. The van der Waals surface area contributed by atoms with Crippen LogP contribution in [0.4, 0.5) is 11.4 Å². The first kappa shape index (κ1) is 25.8. The van der Waals surface area contributed by atoms with Gasteiger partial charge in [-0.25, -0.2) is 0 Å². The highest BCUT2D eigenvalue weighted by molar-refractivity contribution is 6.23. The zero-order valence-electron chi connectivity index (χ0n) is 25.3. The van der Waals surface area contributed by atoms with Crippen molar-refractivity contribution in [2.75, 3.05) is 36.0 Å². The zero-order valence-corrected chi connectivity index (χ0v) is 25.3. The third-order valence-corrected chi connectivity index (χ3v) is 10.5. The van der Waals surface area contributed by atoms with Crippen molar-refractivity contribution in [3.8, 4) is 6.07 Å². The van der Waals surface area contributed by atoms with Gasteiger partial charge in [0, 0.05) is 59.1 Å². The number of furan rings is 2. The summed E-state index contributed by atoms with van der Waals surface area (Å²) >= 11 is 0. The maximum absolute atomic E-state index is 10.3. The highest BCUT2D eigenvalue weighted by Crippen LogP contribution is 2.43. The summed E-state index contributed by atoms with van der Waals surface area (Å²) in [6.07, 6.45) is 4.95. The zero-order chi connectivity index (χ0) is 29.5. The van der Waals surface area contributed by atoms with E-state index in [9.17, 15) is 5.26 Å². The molecule has 5 nitrogen and oxygen atoms in total. The highest BCUT2D eigenvalue weighted by Gasteiger charge is 2.22. The minimum atomic E-state index is 0.613. The Morgan fingerprint density at radius 3 is 1.68 bits per heavy atom. The number of piperidine rings is 2. The Labute approximate surface area is 256 Å². The number of rotatable bonds is 2. The average molecular weight is 578 g/mol. The second-order valence-electron chi connectivity index (χ2n) is 13.4. The molecule has 44 heavy (non-hydrogen) atoms. The molecular formula is C39H35N3O2. The third kappa shape index (κ3) is 3.97. The van der Waals surface area contributed by atoms with Crippen LogP contribution in [0, 0.1) is 23.2 Å². The number of benzene rings is 5. The molecule has 2 aliphatic heterocycles. The molecule has 0 saturated carbocycles. The van der Waals surface area contributed by atoms with Gasteiger partial charge in [0.25, 0.3) is 0 Å². The summed E-state index contributed by atoms with van der Waals surface area (Å²) in [4.78, 5) is 4.99. The Hall–Kier alpha value is -4.69. The number of nitriles is 1. The molecule has 2 saturated heterocycles. The van der Waals surface area contributed by atoms with E-state index in [1.165, 1.54) is 47.8 Å². The van der Waals surface area contributed by atoms with Crippen LogP contribution in [0.1, 0.15) is 45.1 Å². The minimum Gasteiger partial charge on any atom is -0.452 e. The number of hydrogen-bond donors (Lipinski definition) is 0. The summed E-state index contributed by atoms with van der Waals surface area (Å²) in [5, 5.41) is 18.7. The Kier molecular flexibility index (Phi) is 5.66. The smallest absolute Gasteiger partial charge is 0.179 e. The molecule has 0 amide bonds. The van der Waals surface area contributed by atoms with Crippen LogP contribution < -0.4 is 9.80 Å².